The van der Waals surface area contributed by atoms with Crippen molar-refractivity contribution in [2.45, 2.75) is 19.4 Å². The Hall–Kier alpha value is -1.51. The van der Waals surface area contributed by atoms with Gasteiger partial charge in [0.15, 0.2) is 0 Å². The summed E-state index contributed by atoms with van der Waals surface area (Å²) in [4.78, 5) is 16.9. The smallest absolute Gasteiger partial charge is 0.227 e. The average Bonchev–Trinajstić information content (AvgIpc) is 2.63. The second-order valence-electron chi connectivity index (χ2n) is 7.19. The van der Waals surface area contributed by atoms with Crippen LogP contribution in [0, 0.1) is 11.7 Å². The number of piperidine rings is 1. The predicted molar refractivity (Wildman–Crippen MR) is 97.4 cm³/mol. The van der Waals surface area contributed by atoms with E-state index in [0.717, 1.165) is 38.0 Å². The minimum Gasteiger partial charge on any atom is -0.340 e. The molecule has 2 aliphatic heterocycles. The molecule has 1 amide bonds. The molecule has 26 heavy (non-hydrogen) atoms. The van der Waals surface area contributed by atoms with E-state index in [1.807, 2.05) is 4.90 Å². The third-order valence-electron chi connectivity index (χ3n) is 5.21. The number of hydrogen-bond donors (Lipinski definition) is 0. The highest BCUT2D eigenvalue weighted by Gasteiger charge is 2.33. The van der Waals surface area contributed by atoms with E-state index in [1.165, 1.54) is 22.7 Å². The lowest BCUT2D eigenvalue weighted by molar-refractivity contribution is -0.138. The topological polar surface area (TPSA) is 60.9 Å². The molecule has 2 fully saturated rings. The van der Waals surface area contributed by atoms with Crippen LogP contribution in [0.2, 0.25) is 0 Å². The summed E-state index contributed by atoms with van der Waals surface area (Å²) in [6.45, 7) is 4.39. The van der Waals surface area contributed by atoms with Gasteiger partial charge in [-0.3, -0.25) is 9.69 Å². The Labute approximate surface area is 154 Å². The molecule has 0 spiro atoms. The molecule has 1 aromatic carbocycles. The first-order valence-electron chi connectivity index (χ1n) is 9.03. The SMILES string of the molecule is CS(=O)(=O)N1CCC[C@H](C(=O)N2CCN(Cc3ccc(F)cc3)CC2)C1. The lowest BCUT2D eigenvalue weighted by Gasteiger charge is -2.38. The quantitative estimate of drug-likeness (QED) is 0.782. The van der Waals surface area contributed by atoms with Gasteiger partial charge in [-0.05, 0) is 30.5 Å². The Bertz CT molecular complexity index is 731. The molecule has 2 saturated heterocycles. The molecule has 0 aliphatic carbocycles. The Kier molecular flexibility index (Phi) is 5.94. The van der Waals surface area contributed by atoms with Crippen LogP contribution < -0.4 is 0 Å². The molecule has 0 radical (unpaired) electrons. The molecular formula is C18H26FN3O3S. The molecule has 0 saturated carbocycles. The maximum atomic E-state index is 13.0. The van der Waals surface area contributed by atoms with Gasteiger partial charge in [-0.1, -0.05) is 12.1 Å². The van der Waals surface area contributed by atoms with Crippen molar-refractivity contribution >= 4 is 15.9 Å². The highest BCUT2D eigenvalue weighted by atomic mass is 32.2. The highest BCUT2D eigenvalue weighted by molar-refractivity contribution is 7.88. The van der Waals surface area contributed by atoms with Gasteiger partial charge in [0, 0.05) is 45.8 Å². The summed E-state index contributed by atoms with van der Waals surface area (Å²) < 4.78 is 37.9. The Balaban J connectivity index is 1.51. The fourth-order valence-electron chi connectivity index (χ4n) is 3.68. The first-order valence-corrected chi connectivity index (χ1v) is 10.9. The van der Waals surface area contributed by atoms with E-state index in [0.29, 0.717) is 26.2 Å². The first kappa shape index (κ1) is 19.3. The standard InChI is InChI=1S/C18H26FN3O3S/c1-26(24,25)22-8-2-3-16(14-22)18(23)21-11-9-20(10-12-21)13-15-4-6-17(19)7-5-15/h4-7,16H,2-3,8-14H2,1H3/t16-/m0/s1. The largest absolute Gasteiger partial charge is 0.340 e. The van der Waals surface area contributed by atoms with E-state index in [1.54, 1.807) is 12.1 Å². The Morgan fingerprint density at radius 2 is 1.77 bits per heavy atom. The van der Waals surface area contributed by atoms with Gasteiger partial charge in [-0.15, -0.1) is 0 Å². The molecule has 1 aromatic rings. The van der Waals surface area contributed by atoms with Crippen molar-refractivity contribution in [3.63, 3.8) is 0 Å². The molecule has 0 aromatic heterocycles. The first-order chi connectivity index (χ1) is 12.3. The summed E-state index contributed by atoms with van der Waals surface area (Å²) in [5, 5.41) is 0. The summed E-state index contributed by atoms with van der Waals surface area (Å²) in [5.41, 5.74) is 1.06. The van der Waals surface area contributed by atoms with Crippen molar-refractivity contribution in [3.05, 3.63) is 35.6 Å². The normalized spacial score (nSPS) is 23.2. The van der Waals surface area contributed by atoms with E-state index < -0.39 is 10.0 Å². The number of benzene rings is 1. The summed E-state index contributed by atoms with van der Waals surface area (Å²) in [5.74, 6) is -0.401. The number of halogens is 1. The van der Waals surface area contributed by atoms with Crippen molar-refractivity contribution in [1.82, 2.24) is 14.1 Å². The molecule has 0 N–H and O–H groups in total. The van der Waals surface area contributed by atoms with Crippen molar-refractivity contribution in [3.8, 4) is 0 Å². The van der Waals surface area contributed by atoms with Crippen molar-refractivity contribution in [1.29, 1.82) is 0 Å². The maximum Gasteiger partial charge on any atom is 0.227 e. The number of amides is 1. The molecule has 3 rings (SSSR count). The van der Waals surface area contributed by atoms with Gasteiger partial charge in [0.05, 0.1) is 12.2 Å². The number of hydrogen-bond acceptors (Lipinski definition) is 4. The van der Waals surface area contributed by atoms with Crippen LogP contribution in [-0.2, 0) is 21.4 Å². The van der Waals surface area contributed by atoms with E-state index >= 15 is 0 Å². The summed E-state index contributed by atoms with van der Waals surface area (Å²) in [6.07, 6.45) is 2.68. The number of piperazine rings is 1. The van der Waals surface area contributed by atoms with Crippen LogP contribution in [0.4, 0.5) is 4.39 Å². The minimum atomic E-state index is -3.24. The monoisotopic (exact) mass is 383 g/mol. The van der Waals surface area contributed by atoms with Crippen molar-refractivity contribution in [2.24, 2.45) is 5.92 Å². The Morgan fingerprint density at radius 1 is 1.12 bits per heavy atom. The van der Waals surface area contributed by atoms with Gasteiger partial charge in [0.25, 0.3) is 0 Å². The second kappa shape index (κ2) is 8.02. The van der Waals surface area contributed by atoms with Crippen LogP contribution in [0.3, 0.4) is 0 Å². The van der Waals surface area contributed by atoms with Gasteiger partial charge < -0.3 is 4.90 Å². The number of rotatable bonds is 4. The van der Waals surface area contributed by atoms with Gasteiger partial charge in [-0.25, -0.2) is 17.1 Å². The van der Waals surface area contributed by atoms with Crippen LogP contribution >= 0.6 is 0 Å². The van der Waals surface area contributed by atoms with Crippen LogP contribution in [-0.4, -0.2) is 74.0 Å². The third-order valence-corrected chi connectivity index (χ3v) is 6.48. The minimum absolute atomic E-state index is 0.0692. The molecular weight excluding hydrogens is 357 g/mol. The highest BCUT2D eigenvalue weighted by Crippen LogP contribution is 2.21. The van der Waals surface area contributed by atoms with Crippen LogP contribution in [0.1, 0.15) is 18.4 Å². The number of carbonyl (C=O) groups is 1. The zero-order valence-corrected chi connectivity index (χ0v) is 15.9. The van der Waals surface area contributed by atoms with Crippen molar-refractivity contribution < 1.29 is 17.6 Å². The third kappa shape index (κ3) is 4.81. The van der Waals surface area contributed by atoms with Gasteiger partial charge in [-0.2, -0.15) is 0 Å². The molecule has 1 atom stereocenters. The van der Waals surface area contributed by atoms with Crippen LogP contribution in [0.25, 0.3) is 0 Å². The van der Waals surface area contributed by atoms with E-state index in [-0.39, 0.29) is 17.6 Å². The van der Waals surface area contributed by atoms with Gasteiger partial charge in [0.2, 0.25) is 15.9 Å². The van der Waals surface area contributed by atoms with Crippen LogP contribution in [0.15, 0.2) is 24.3 Å². The lowest BCUT2D eigenvalue weighted by atomic mass is 9.97. The summed E-state index contributed by atoms with van der Waals surface area (Å²) >= 11 is 0. The van der Waals surface area contributed by atoms with Gasteiger partial charge >= 0.3 is 0 Å². The molecule has 144 valence electrons. The number of sulfonamides is 1. The number of carbonyl (C=O) groups excluding carboxylic acids is 1. The molecule has 0 unspecified atom stereocenters. The fourth-order valence-corrected chi connectivity index (χ4v) is 4.59. The predicted octanol–water partition coefficient (Wildman–Crippen LogP) is 1.14. The number of nitrogens with zero attached hydrogens (tertiary/aromatic N) is 3. The summed E-state index contributed by atoms with van der Waals surface area (Å²) in [7, 11) is -3.24. The van der Waals surface area contributed by atoms with Crippen molar-refractivity contribution in [2.75, 3.05) is 45.5 Å². The summed E-state index contributed by atoms with van der Waals surface area (Å²) in [6, 6.07) is 6.50. The second-order valence-corrected chi connectivity index (χ2v) is 9.17. The zero-order chi connectivity index (χ0) is 18.7. The molecule has 0 bridgehead atoms. The molecule has 8 heteroatoms. The Morgan fingerprint density at radius 3 is 2.38 bits per heavy atom. The molecule has 2 aliphatic rings. The van der Waals surface area contributed by atoms with E-state index in [9.17, 15) is 17.6 Å². The van der Waals surface area contributed by atoms with E-state index in [4.69, 9.17) is 0 Å². The maximum absolute atomic E-state index is 13.0. The van der Waals surface area contributed by atoms with Crippen LogP contribution in [0.5, 0.6) is 0 Å². The molecule has 2 heterocycles. The zero-order valence-electron chi connectivity index (χ0n) is 15.1. The van der Waals surface area contributed by atoms with E-state index in [2.05, 4.69) is 4.90 Å². The fraction of sp³-hybridized carbons (Fsp3) is 0.611. The average molecular weight is 383 g/mol. The molecule has 6 nitrogen and oxygen atoms in total. The lowest BCUT2D eigenvalue weighted by Crippen LogP contribution is -2.52. The van der Waals surface area contributed by atoms with Gasteiger partial charge in [0.1, 0.15) is 5.82 Å².